The summed E-state index contributed by atoms with van der Waals surface area (Å²) < 4.78 is 32.4. The molecule has 16 nitrogen and oxygen atoms in total. The van der Waals surface area contributed by atoms with Gasteiger partial charge in [0.25, 0.3) is 0 Å². The van der Waals surface area contributed by atoms with Gasteiger partial charge in [0.1, 0.15) is 0 Å². The molecule has 0 saturated carbocycles. The summed E-state index contributed by atoms with van der Waals surface area (Å²) in [6.45, 7) is 2.68. The first-order chi connectivity index (χ1) is 26.6. The Morgan fingerprint density at radius 3 is 1.96 bits per heavy atom. The molecular weight excluding hydrogens is 751 g/mol. The lowest BCUT2D eigenvalue weighted by atomic mass is 9.95. The SMILES string of the molecule is NCCOCCOCCOCCOCCOCCN(N)/C1=C(\N)c2ccccc2N(C(=O)CCC(=O)NCCCCCCOP(O)(O)=S)Cc2ccccc21. The Hall–Kier alpha value is -3.03. The van der Waals surface area contributed by atoms with Crippen molar-refractivity contribution in [2.75, 3.05) is 97.2 Å². The van der Waals surface area contributed by atoms with Crippen LogP contribution in [0.5, 0.6) is 0 Å². The molecule has 2 amide bonds. The van der Waals surface area contributed by atoms with Gasteiger partial charge in [-0.1, -0.05) is 55.3 Å². The summed E-state index contributed by atoms with van der Waals surface area (Å²) in [4.78, 5) is 46.2. The number of carbonyl (C=O) groups is 2. The number of nitrogens with two attached hydrogens (primary N) is 3. The minimum Gasteiger partial charge on any atom is -0.396 e. The van der Waals surface area contributed by atoms with Crippen LogP contribution in [-0.4, -0.2) is 119 Å². The fourth-order valence-corrected chi connectivity index (χ4v) is 6.25. The van der Waals surface area contributed by atoms with Crippen LogP contribution in [0.2, 0.25) is 0 Å². The van der Waals surface area contributed by atoms with Crippen molar-refractivity contribution in [3.63, 3.8) is 0 Å². The number of hydrazine groups is 1. The molecule has 1 aliphatic heterocycles. The van der Waals surface area contributed by atoms with E-state index in [1.54, 1.807) is 9.91 Å². The molecular formula is C37H59N6O10PS. The van der Waals surface area contributed by atoms with Crippen LogP contribution in [0.15, 0.2) is 48.5 Å². The van der Waals surface area contributed by atoms with Gasteiger partial charge in [-0.3, -0.25) is 9.59 Å². The maximum Gasteiger partial charge on any atom is 0.321 e. The van der Waals surface area contributed by atoms with E-state index in [4.69, 9.17) is 55.3 Å². The minimum atomic E-state index is -3.61. The molecule has 0 radical (unpaired) electrons. The number of unbranched alkanes of at least 4 members (excludes halogenated alkanes) is 3. The van der Waals surface area contributed by atoms with Crippen molar-refractivity contribution >= 4 is 47.4 Å². The van der Waals surface area contributed by atoms with Gasteiger partial charge < -0.3 is 64.7 Å². The summed E-state index contributed by atoms with van der Waals surface area (Å²) in [5, 5.41) is 4.46. The Kier molecular flexibility index (Phi) is 22.5. The number of anilines is 1. The quantitative estimate of drug-likeness (QED) is 0.0300. The van der Waals surface area contributed by atoms with Crippen LogP contribution < -0.4 is 27.5 Å². The van der Waals surface area contributed by atoms with Crippen molar-refractivity contribution in [2.24, 2.45) is 17.3 Å². The summed E-state index contributed by atoms with van der Waals surface area (Å²) in [5.41, 5.74) is 16.2. The van der Waals surface area contributed by atoms with E-state index >= 15 is 0 Å². The van der Waals surface area contributed by atoms with E-state index in [0.717, 1.165) is 30.4 Å². The molecule has 1 aliphatic rings. The molecule has 0 spiro atoms. The number of benzene rings is 2. The highest BCUT2D eigenvalue weighted by Gasteiger charge is 2.28. The molecule has 2 aromatic rings. The van der Waals surface area contributed by atoms with E-state index in [1.807, 2.05) is 48.5 Å². The van der Waals surface area contributed by atoms with E-state index in [9.17, 15) is 9.59 Å². The number of amides is 2. The second kappa shape index (κ2) is 26.8. The Bertz CT molecular complexity index is 1520. The second-order valence-electron chi connectivity index (χ2n) is 12.5. The average molecular weight is 811 g/mol. The number of hydrogen-bond acceptors (Lipinski definition) is 13. The standard InChI is InChI=1S/C37H59N6O10PS/c38-15-19-48-21-23-50-25-27-52-28-26-51-24-22-49-20-17-43(40)37-31-10-4-3-9-30(31)29-42(33-12-6-5-11-32(33)36(37)39)35(45)14-13-34(44)41-16-7-1-2-8-18-53-54(46,47)55/h3-6,9-12H,1-2,7-8,13-29,38-40H2,(H,41,44)(H2,46,47,55)/b37-36-. The molecule has 0 unspecified atom stereocenters. The topological polar surface area (TPSA) is 227 Å². The third-order valence-electron chi connectivity index (χ3n) is 8.37. The lowest BCUT2D eigenvalue weighted by Gasteiger charge is -2.33. The molecule has 0 saturated heterocycles. The largest absolute Gasteiger partial charge is 0.396 e. The number of para-hydroxylation sites is 1. The van der Waals surface area contributed by atoms with E-state index in [2.05, 4.69) is 17.1 Å². The van der Waals surface area contributed by atoms with Gasteiger partial charge in [-0.25, -0.2) is 5.84 Å². The van der Waals surface area contributed by atoms with Gasteiger partial charge in [0.2, 0.25) is 11.8 Å². The summed E-state index contributed by atoms with van der Waals surface area (Å²) in [6.07, 6.45) is 3.07. The molecule has 3 rings (SSSR count). The Balaban J connectivity index is 1.47. The maximum atomic E-state index is 13.7. The van der Waals surface area contributed by atoms with Gasteiger partial charge in [-0.15, -0.1) is 0 Å². The van der Waals surface area contributed by atoms with Crippen molar-refractivity contribution < 1.29 is 47.6 Å². The van der Waals surface area contributed by atoms with Gasteiger partial charge in [-0.05, 0) is 36.3 Å². The average Bonchev–Trinajstić information content (AvgIpc) is 3.16. The van der Waals surface area contributed by atoms with Gasteiger partial charge >= 0.3 is 6.72 Å². The normalized spacial score (nSPS) is 14.2. The van der Waals surface area contributed by atoms with E-state index < -0.39 is 6.72 Å². The third kappa shape index (κ3) is 18.2. The first kappa shape index (κ1) is 46.4. The van der Waals surface area contributed by atoms with Crippen LogP contribution >= 0.6 is 6.72 Å². The van der Waals surface area contributed by atoms with E-state index in [0.29, 0.717) is 115 Å². The van der Waals surface area contributed by atoms with Crippen LogP contribution in [0, 0.1) is 0 Å². The van der Waals surface area contributed by atoms with Gasteiger partial charge in [0.05, 0.1) is 103 Å². The molecule has 0 atom stereocenters. The zero-order valence-electron chi connectivity index (χ0n) is 31.6. The summed E-state index contributed by atoms with van der Waals surface area (Å²) in [7, 11) is 0. The van der Waals surface area contributed by atoms with Gasteiger partial charge in [-0.2, -0.15) is 0 Å². The van der Waals surface area contributed by atoms with Crippen LogP contribution in [0.4, 0.5) is 5.69 Å². The summed E-state index contributed by atoms with van der Waals surface area (Å²) in [5.74, 6) is 6.24. The molecule has 0 aliphatic carbocycles. The third-order valence-corrected chi connectivity index (χ3v) is 9.21. The molecule has 55 heavy (non-hydrogen) atoms. The number of nitrogens with one attached hydrogen (secondary N) is 1. The number of carbonyl (C=O) groups excluding carboxylic acids is 2. The first-order valence-corrected chi connectivity index (χ1v) is 21.3. The highest BCUT2D eigenvalue weighted by atomic mass is 32.5. The van der Waals surface area contributed by atoms with Crippen LogP contribution in [0.1, 0.15) is 55.2 Å². The molecule has 308 valence electrons. The maximum absolute atomic E-state index is 13.7. The van der Waals surface area contributed by atoms with Crippen LogP contribution in [-0.2, 0) is 56.1 Å². The first-order valence-electron chi connectivity index (χ1n) is 18.7. The van der Waals surface area contributed by atoms with Gasteiger partial charge in [0.15, 0.2) is 0 Å². The minimum absolute atomic E-state index is 0.0168. The highest BCUT2D eigenvalue weighted by Crippen LogP contribution is 2.37. The van der Waals surface area contributed by atoms with Crippen molar-refractivity contribution in [2.45, 2.75) is 45.1 Å². The van der Waals surface area contributed by atoms with Crippen molar-refractivity contribution in [3.8, 4) is 0 Å². The predicted molar refractivity (Wildman–Crippen MR) is 215 cm³/mol. The van der Waals surface area contributed by atoms with Crippen LogP contribution in [0.3, 0.4) is 0 Å². The summed E-state index contributed by atoms with van der Waals surface area (Å²) >= 11 is 4.43. The molecule has 0 aromatic heterocycles. The number of hydrogen-bond donors (Lipinski definition) is 6. The zero-order chi connectivity index (χ0) is 39.7. The molecule has 9 N–H and O–H groups in total. The van der Waals surface area contributed by atoms with Crippen LogP contribution in [0.25, 0.3) is 11.4 Å². The number of rotatable bonds is 29. The van der Waals surface area contributed by atoms with Crippen molar-refractivity contribution in [1.29, 1.82) is 0 Å². The van der Waals surface area contributed by atoms with Crippen molar-refractivity contribution in [1.82, 2.24) is 10.3 Å². The van der Waals surface area contributed by atoms with Crippen molar-refractivity contribution in [3.05, 3.63) is 65.2 Å². The highest BCUT2D eigenvalue weighted by molar-refractivity contribution is 8.06. The molecule has 0 fully saturated rings. The summed E-state index contributed by atoms with van der Waals surface area (Å²) in [6, 6.07) is 15.1. The Morgan fingerprint density at radius 1 is 0.764 bits per heavy atom. The number of ether oxygens (including phenoxy) is 5. The molecule has 2 aromatic carbocycles. The number of fused-ring (bicyclic) bond motifs is 2. The Morgan fingerprint density at radius 2 is 1.33 bits per heavy atom. The fraction of sp³-hybridized carbons (Fsp3) is 0.568. The molecule has 0 bridgehead atoms. The lowest BCUT2D eigenvalue weighted by molar-refractivity contribution is -0.125. The predicted octanol–water partition coefficient (Wildman–Crippen LogP) is 2.22. The zero-order valence-corrected chi connectivity index (χ0v) is 33.3. The smallest absolute Gasteiger partial charge is 0.321 e. The number of nitrogens with zero attached hydrogens (tertiary/aromatic N) is 2. The molecule has 18 heteroatoms. The fourth-order valence-electron chi connectivity index (χ4n) is 5.66. The van der Waals surface area contributed by atoms with E-state index in [-0.39, 0.29) is 37.8 Å². The van der Waals surface area contributed by atoms with E-state index in [1.165, 1.54) is 0 Å². The Labute approximate surface area is 329 Å². The lowest BCUT2D eigenvalue weighted by Crippen LogP contribution is -2.38. The molecule has 1 heterocycles. The van der Waals surface area contributed by atoms with Gasteiger partial charge in [0, 0.05) is 37.1 Å². The second-order valence-corrected chi connectivity index (χ2v) is 15.2. The monoisotopic (exact) mass is 810 g/mol.